The zero-order valence-corrected chi connectivity index (χ0v) is 27.8. The predicted octanol–water partition coefficient (Wildman–Crippen LogP) is 10.1. The summed E-state index contributed by atoms with van der Waals surface area (Å²) in [4.78, 5) is 0. The SMILES string of the molecule is CC1(C)c2ccc3ccccc3c2-c2oc3c(ccc4ccccc43)c21.CCCC.[CH2-]C.[CH3-].[Y].[Y]. The van der Waals surface area contributed by atoms with Crippen molar-refractivity contribution in [2.45, 2.75) is 52.9 Å². The van der Waals surface area contributed by atoms with Crippen molar-refractivity contribution in [3.05, 3.63) is 98.3 Å². The summed E-state index contributed by atoms with van der Waals surface area (Å²) in [6.07, 6.45) is 2.64. The van der Waals surface area contributed by atoms with E-state index in [1.165, 1.54) is 56.5 Å². The van der Waals surface area contributed by atoms with Crippen LogP contribution in [-0.2, 0) is 70.8 Å². The first-order valence-corrected chi connectivity index (χ1v) is 11.8. The topological polar surface area (TPSA) is 13.1 Å². The van der Waals surface area contributed by atoms with E-state index in [1.54, 1.807) is 6.92 Å². The molecule has 0 fully saturated rings. The summed E-state index contributed by atoms with van der Waals surface area (Å²) in [5.74, 6) is 1.05. The van der Waals surface area contributed by atoms with Gasteiger partial charge in [0.15, 0.2) is 0 Å². The molecule has 0 N–H and O–H groups in total. The fourth-order valence-corrected chi connectivity index (χ4v) is 4.79. The average Bonchev–Trinajstić information content (AvgIpc) is 3.34. The van der Waals surface area contributed by atoms with E-state index >= 15 is 0 Å². The molecule has 1 heterocycles. The first kappa shape index (κ1) is 32.2. The van der Waals surface area contributed by atoms with Gasteiger partial charge in [-0.3, -0.25) is 0 Å². The molecule has 1 nitrogen and oxygen atoms in total. The first-order chi connectivity index (χ1) is 15.6. The number of hydrogen-bond donors (Lipinski definition) is 0. The number of hydrogen-bond acceptors (Lipinski definition) is 1. The second-order valence-corrected chi connectivity index (χ2v) is 8.80. The van der Waals surface area contributed by atoms with Gasteiger partial charge in [-0.1, -0.05) is 113 Å². The van der Waals surface area contributed by atoms with Crippen LogP contribution >= 0.6 is 0 Å². The molecule has 0 amide bonds. The zero-order chi connectivity index (χ0) is 22.9. The van der Waals surface area contributed by atoms with E-state index < -0.39 is 0 Å². The summed E-state index contributed by atoms with van der Waals surface area (Å²) in [5, 5.41) is 6.20. The molecule has 0 bridgehead atoms. The molecule has 0 saturated carbocycles. The Morgan fingerprint density at radius 3 is 1.80 bits per heavy atom. The maximum Gasteiger partial charge on any atom is 0.142 e. The molecule has 4 aromatic carbocycles. The molecular weight excluding hydrogens is 578 g/mol. The monoisotopic (exact) mass is 614 g/mol. The molecule has 3 heteroatoms. The Morgan fingerprint density at radius 2 is 1.20 bits per heavy atom. The molecule has 0 spiro atoms. The quantitative estimate of drug-likeness (QED) is 0.171. The second kappa shape index (κ2) is 13.6. The minimum Gasteiger partial charge on any atom is -0.455 e. The largest absolute Gasteiger partial charge is 0.455 e. The molecule has 5 aromatic rings. The van der Waals surface area contributed by atoms with E-state index in [2.05, 4.69) is 107 Å². The molecule has 35 heavy (non-hydrogen) atoms. The Hall–Kier alpha value is -0.852. The van der Waals surface area contributed by atoms with E-state index in [0.717, 1.165) is 11.3 Å². The van der Waals surface area contributed by atoms with Gasteiger partial charge in [0.1, 0.15) is 11.3 Å². The van der Waals surface area contributed by atoms with Crippen molar-refractivity contribution in [2.24, 2.45) is 0 Å². The molecule has 1 aliphatic rings. The van der Waals surface area contributed by atoms with Crippen LogP contribution in [0.25, 0.3) is 43.8 Å². The Kier molecular flexibility index (Phi) is 12.5. The van der Waals surface area contributed by atoms with Gasteiger partial charge in [0.2, 0.25) is 0 Å². The molecule has 0 atom stereocenters. The van der Waals surface area contributed by atoms with Crippen LogP contribution in [-0.4, -0.2) is 0 Å². The van der Waals surface area contributed by atoms with Gasteiger partial charge in [-0.05, 0) is 21.7 Å². The van der Waals surface area contributed by atoms with Gasteiger partial charge in [-0.15, -0.1) is 0 Å². The normalized spacial score (nSPS) is 12.1. The first-order valence-electron chi connectivity index (χ1n) is 11.8. The molecule has 0 aliphatic heterocycles. The van der Waals surface area contributed by atoms with Crippen LogP contribution in [0.2, 0.25) is 0 Å². The van der Waals surface area contributed by atoms with Gasteiger partial charge in [-0.2, -0.15) is 6.92 Å². The molecule has 6 rings (SSSR count). The van der Waals surface area contributed by atoms with Gasteiger partial charge in [0.05, 0.1) is 0 Å². The number of fused-ring (bicyclic) bond motifs is 9. The fourth-order valence-electron chi connectivity index (χ4n) is 4.79. The van der Waals surface area contributed by atoms with E-state index in [-0.39, 0.29) is 78.3 Å². The Labute approximate surface area is 262 Å². The van der Waals surface area contributed by atoms with Crippen LogP contribution in [0.15, 0.2) is 77.2 Å². The van der Waals surface area contributed by atoms with Gasteiger partial charge in [0, 0.05) is 92.7 Å². The maximum absolute atomic E-state index is 6.59. The molecule has 1 aliphatic carbocycles. The van der Waals surface area contributed by atoms with Crippen LogP contribution < -0.4 is 0 Å². The van der Waals surface area contributed by atoms with Crippen LogP contribution in [0.4, 0.5) is 0 Å². The summed E-state index contributed by atoms with van der Waals surface area (Å²) in [6.45, 7) is 14.0. The number of rotatable bonds is 1. The third-order valence-corrected chi connectivity index (χ3v) is 6.53. The third kappa shape index (κ3) is 5.55. The molecule has 1 aromatic heterocycles. The summed E-state index contributed by atoms with van der Waals surface area (Å²) < 4.78 is 6.59. The Bertz CT molecular complexity index is 1390. The average molecular weight is 614 g/mol. The van der Waals surface area contributed by atoms with E-state index in [1.807, 2.05) is 0 Å². The van der Waals surface area contributed by atoms with E-state index in [4.69, 9.17) is 4.42 Å². The van der Waals surface area contributed by atoms with Crippen LogP contribution in [0, 0.1) is 14.4 Å². The molecule has 2 radical (unpaired) electrons. The minimum absolute atomic E-state index is 0. The molecule has 178 valence electrons. The number of furan rings is 1. The summed E-state index contributed by atoms with van der Waals surface area (Å²) in [7, 11) is 0. The van der Waals surface area contributed by atoms with E-state index in [9.17, 15) is 0 Å². The van der Waals surface area contributed by atoms with Gasteiger partial charge >= 0.3 is 0 Å². The smallest absolute Gasteiger partial charge is 0.142 e. The van der Waals surface area contributed by atoms with Crippen molar-refractivity contribution in [2.75, 3.05) is 0 Å². The van der Waals surface area contributed by atoms with Gasteiger partial charge in [-0.25, -0.2) is 0 Å². The number of benzene rings is 4. The van der Waals surface area contributed by atoms with Crippen molar-refractivity contribution in [3.8, 4) is 11.3 Å². The Morgan fingerprint density at radius 1 is 0.686 bits per heavy atom. The summed E-state index contributed by atoms with van der Waals surface area (Å²) in [5.41, 5.74) is 4.90. The van der Waals surface area contributed by atoms with Crippen LogP contribution in [0.1, 0.15) is 58.6 Å². The number of unbranched alkanes of at least 4 members (excludes halogenated alkanes) is 1. The van der Waals surface area contributed by atoms with Crippen molar-refractivity contribution < 1.29 is 69.8 Å². The van der Waals surface area contributed by atoms with Gasteiger partial charge < -0.3 is 18.8 Å². The maximum atomic E-state index is 6.59. The summed E-state index contributed by atoms with van der Waals surface area (Å²) in [6, 6.07) is 26.0. The van der Waals surface area contributed by atoms with Crippen molar-refractivity contribution in [1.82, 2.24) is 0 Å². The minimum atomic E-state index is -0.0671. The second-order valence-electron chi connectivity index (χ2n) is 8.80. The fraction of sp³-hybridized carbons (Fsp3) is 0.250. The van der Waals surface area contributed by atoms with Crippen LogP contribution in [0.5, 0.6) is 0 Å². The molecule has 0 saturated heterocycles. The van der Waals surface area contributed by atoms with Crippen molar-refractivity contribution in [1.29, 1.82) is 0 Å². The zero-order valence-electron chi connectivity index (χ0n) is 22.1. The van der Waals surface area contributed by atoms with Gasteiger partial charge in [0.25, 0.3) is 0 Å². The molecular formula is C32H36OY2-2. The third-order valence-electron chi connectivity index (χ3n) is 6.53. The standard InChI is InChI=1S/C25H18O.C4H10.C2H5.CH3.2Y/c1-25(2)20-14-12-15-7-3-5-9-17(15)21(20)24-22(25)19-13-11-16-8-4-6-10-18(16)23(19)26-24;1-3-4-2;1-2;;;/h3-14H,1-2H3;3-4H2,1-2H3;1H2,2H3;1H3;;/q;;2*-1;;. The van der Waals surface area contributed by atoms with E-state index in [0.29, 0.717) is 0 Å². The van der Waals surface area contributed by atoms with Crippen molar-refractivity contribution in [3.63, 3.8) is 0 Å². The Balaban J connectivity index is 0.000000625. The predicted molar refractivity (Wildman–Crippen MR) is 147 cm³/mol. The molecule has 0 unspecified atom stereocenters. The van der Waals surface area contributed by atoms with Crippen molar-refractivity contribution >= 4 is 32.5 Å². The summed E-state index contributed by atoms with van der Waals surface area (Å²) >= 11 is 0. The van der Waals surface area contributed by atoms with Crippen LogP contribution in [0.3, 0.4) is 0 Å².